The first-order valence-electron chi connectivity index (χ1n) is 3.43. The van der Waals surface area contributed by atoms with Crippen LogP contribution in [0.2, 0.25) is 0 Å². The van der Waals surface area contributed by atoms with E-state index in [0.29, 0.717) is 5.69 Å². The number of carbonyl (C=O) groups is 1. The first-order chi connectivity index (χ1) is 5.70. The van der Waals surface area contributed by atoms with Crippen molar-refractivity contribution in [2.24, 2.45) is 5.73 Å². The molecule has 0 radical (unpaired) electrons. The minimum absolute atomic E-state index is 0. The van der Waals surface area contributed by atoms with Crippen molar-refractivity contribution in [3.05, 3.63) is 24.3 Å². The number of carboxylic acid groups (broad SMARTS) is 1. The fraction of sp³-hybridized carbons (Fsp3) is 0.286. The van der Waals surface area contributed by atoms with E-state index in [1.54, 1.807) is 0 Å². The van der Waals surface area contributed by atoms with Gasteiger partial charge in [-0.25, -0.2) is 0 Å². The van der Waals surface area contributed by atoms with Gasteiger partial charge in [0.15, 0.2) is 0 Å². The molecule has 1 heterocycles. The summed E-state index contributed by atoms with van der Waals surface area (Å²) in [6.45, 7) is 0. The summed E-state index contributed by atoms with van der Waals surface area (Å²) < 4.78 is 0. The van der Waals surface area contributed by atoms with Crippen LogP contribution in [0.4, 0.5) is 0 Å². The van der Waals surface area contributed by atoms with Crippen LogP contribution in [0.3, 0.4) is 0 Å². The Hall–Kier alpha value is -1.20. The molecule has 13 heavy (non-hydrogen) atoms. The summed E-state index contributed by atoms with van der Waals surface area (Å²) in [5.41, 5.74) is 5.87. The molecule has 0 unspecified atom stereocenters. The molecule has 0 amide bonds. The number of aliphatic carboxylic acids is 1. The zero-order valence-electron chi connectivity index (χ0n) is 6.75. The monoisotopic (exact) mass is 203 g/mol. The van der Waals surface area contributed by atoms with Gasteiger partial charge < -0.3 is 10.8 Å². The fourth-order valence-electron chi connectivity index (χ4n) is 0.748. The van der Waals surface area contributed by atoms with E-state index in [1.165, 1.54) is 18.6 Å². The molecule has 0 saturated carbocycles. The van der Waals surface area contributed by atoms with Crippen molar-refractivity contribution in [2.75, 3.05) is 0 Å². The number of nitrogens with zero attached hydrogens (tertiary/aromatic N) is 2. The maximum Gasteiger partial charge on any atom is 0.320 e. The molecule has 1 aromatic rings. The molecular formula is C7H10ClN3O2. The Bertz CT molecular complexity index is 268. The number of hydrogen-bond acceptors (Lipinski definition) is 4. The predicted octanol–water partition coefficient (Wildman–Crippen LogP) is -0.147. The summed E-state index contributed by atoms with van der Waals surface area (Å²) in [5.74, 6) is -1.03. The molecule has 5 nitrogen and oxygen atoms in total. The van der Waals surface area contributed by atoms with E-state index in [2.05, 4.69) is 9.97 Å². The van der Waals surface area contributed by atoms with Gasteiger partial charge in [0.05, 0.1) is 5.69 Å². The number of halogens is 1. The molecule has 1 aromatic heterocycles. The lowest BCUT2D eigenvalue weighted by molar-refractivity contribution is -0.138. The summed E-state index contributed by atoms with van der Waals surface area (Å²) in [6, 6.07) is -0.901. The number of nitrogens with two attached hydrogens (primary N) is 1. The van der Waals surface area contributed by atoms with Crippen molar-refractivity contribution < 1.29 is 9.90 Å². The van der Waals surface area contributed by atoms with Crippen LogP contribution in [-0.2, 0) is 11.2 Å². The summed E-state index contributed by atoms with van der Waals surface area (Å²) in [4.78, 5) is 18.0. The normalized spacial score (nSPS) is 11.5. The van der Waals surface area contributed by atoms with E-state index in [0.717, 1.165) is 0 Å². The Morgan fingerprint density at radius 1 is 1.62 bits per heavy atom. The number of carboxylic acids is 1. The Kier molecular flexibility index (Phi) is 4.94. The highest BCUT2D eigenvalue weighted by Gasteiger charge is 2.12. The second kappa shape index (κ2) is 5.45. The van der Waals surface area contributed by atoms with E-state index in [1.807, 2.05) is 0 Å². The molecule has 0 aliphatic carbocycles. The first-order valence-corrected chi connectivity index (χ1v) is 3.43. The maximum atomic E-state index is 10.3. The number of aromatic nitrogens is 2. The van der Waals surface area contributed by atoms with Crippen molar-refractivity contribution >= 4 is 18.4 Å². The molecule has 0 fully saturated rings. The standard InChI is InChI=1S/C7H9N3O2.ClH/c8-6(7(11)12)3-5-4-9-1-2-10-5;/h1-2,4,6H,3,8H2,(H,11,12);1H/t6-;/m0./s1. The summed E-state index contributed by atoms with van der Waals surface area (Å²) in [5, 5.41) is 8.47. The lowest BCUT2D eigenvalue weighted by Crippen LogP contribution is -2.32. The average Bonchev–Trinajstić information content (AvgIpc) is 2.06. The van der Waals surface area contributed by atoms with Crippen LogP contribution in [0, 0.1) is 0 Å². The summed E-state index contributed by atoms with van der Waals surface area (Å²) in [7, 11) is 0. The van der Waals surface area contributed by atoms with Gasteiger partial charge in [0.25, 0.3) is 0 Å². The Morgan fingerprint density at radius 2 is 2.31 bits per heavy atom. The second-order valence-corrected chi connectivity index (χ2v) is 2.35. The number of rotatable bonds is 3. The molecule has 0 aliphatic heterocycles. The van der Waals surface area contributed by atoms with Crippen molar-refractivity contribution in [3.63, 3.8) is 0 Å². The molecular weight excluding hydrogens is 194 g/mol. The minimum Gasteiger partial charge on any atom is -0.480 e. The molecule has 6 heteroatoms. The smallest absolute Gasteiger partial charge is 0.320 e. The lowest BCUT2D eigenvalue weighted by Gasteiger charge is -2.03. The van der Waals surface area contributed by atoms with Gasteiger partial charge in [-0.1, -0.05) is 0 Å². The van der Waals surface area contributed by atoms with Crippen LogP contribution in [-0.4, -0.2) is 27.1 Å². The predicted molar refractivity (Wildman–Crippen MR) is 48.6 cm³/mol. The van der Waals surface area contributed by atoms with Crippen LogP contribution in [0.1, 0.15) is 5.69 Å². The van der Waals surface area contributed by atoms with E-state index >= 15 is 0 Å². The molecule has 1 atom stereocenters. The molecule has 72 valence electrons. The van der Waals surface area contributed by atoms with E-state index < -0.39 is 12.0 Å². The van der Waals surface area contributed by atoms with Crippen LogP contribution >= 0.6 is 12.4 Å². The Balaban J connectivity index is 0.00000144. The van der Waals surface area contributed by atoms with Crippen LogP contribution in [0.15, 0.2) is 18.6 Å². The summed E-state index contributed by atoms with van der Waals surface area (Å²) in [6.07, 6.45) is 4.74. The van der Waals surface area contributed by atoms with E-state index in [-0.39, 0.29) is 18.8 Å². The van der Waals surface area contributed by atoms with Crippen molar-refractivity contribution in [3.8, 4) is 0 Å². The molecule has 0 aromatic carbocycles. The van der Waals surface area contributed by atoms with Gasteiger partial charge in [0.2, 0.25) is 0 Å². The van der Waals surface area contributed by atoms with Gasteiger partial charge in [0, 0.05) is 25.0 Å². The van der Waals surface area contributed by atoms with Gasteiger partial charge >= 0.3 is 5.97 Å². The number of hydrogen-bond donors (Lipinski definition) is 2. The molecule has 3 N–H and O–H groups in total. The zero-order chi connectivity index (χ0) is 8.97. The SMILES string of the molecule is Cl.N[C@@H](Cc1cnccn1)C(=O)O. The van der Waals surface area contributed by atoms with E-state index in [4.69, 9.17) is 10.8 Å². The average molecular weight is 204 g/mol. The van der Waals surface area contributed by atoms with Crippen LogP contribution in [0.25, 0.3) is 0 Å². The molecule has 1 rings (SSSR count). The highest BCUT2D eigenvalue weighted by atomic mass is 35.5. The fourth-order valence-corrected chi connectivity index (χ4v) is 0.748. The Morgan fingerprint density at radius 3 is 2.77 bits per heavy atom. The first kappa shape index (κ1) is 11.8. The molecule has 0 spiro atoms. The van der Waals surface area contributed by atoms with Crippen molar-refractivity contribution in [1.82, 2.24) is 9.97 Å². The molecule has 0 bridgehead atoms. The Labute approximate surface area is 81.4 Å². The largest absolute Gasteiger partial charge is 0.480 e. The van der Waals surface area contributed by atoms with Crippen molar-refractivity contribution in [2.45, 2.75) is 12.5 Å². The maximum absolute atomic E-state index is 10.3. The van der Waals surface area contributed by atoms with Gasteiger partial charge in [-0.05, 0) is 0 Å². The van der Waals surface area contributed by atoms with Crippen LogP contribution < -0.4 is 5.73 Å². The molecule has 0 saturated heterocycles. The van der Waals surface area contributed by atoms with Gasteiger partial charge in [-0.3, -0.25) is 14.8 Å². The third-order valence-corrected chi connectivity index (χ3v) is 1.36. The topological polar surface area (TPSA) is 89.1 Å². The molecule has 0 aliphatic rings. The van der Waals surface area contributed by atoms with Crippen LogP contribution in [0.5, 0.6) is 0 Å². The highest BCUT2D eigenvalue weighted by molar-refractivity contribution is 5.85. The van der Waals surface area contributed by atoms with Crippen molar-refractivity contribution in [1.29, 1.82) is 0 Å². The third kappa shape index (κ3) is 3.82. The third-order valence-electron chi connectivity index (χ3n) is 1.36. The zero-order valence-corrected chi connectivity index (χ0v) is 7.57. The second-order valence-electron chi connectivity index (χ2n) is 2.35. The lowest BCUT2D eigenvalue weighted by atomic mass is 10.2. The quantitative estimate of drug-likeness (QED) is 0.714. The minimum atomic E-state index is -1.03. The highest BCUT2D eigenvalue weighted by Crippen LogP contribution is 1.94. The summed E-state index contributed by atoms with van der Waals surface area (Å²) >= 11 is 0. The van der Waals surface area contributed by atoms with E-state index in [9.17, 15) is 4.79 Å². The van der Waals surface area contributed by atoms with Gasteiger partial charge in [0.1, 0.15) is 6.04 Å². The van der Waals surface area contributed by atoms with Gasteiger partial charge in [-0.2, -0.15) is 0 Å². The van der Waals surface area contributed by atoms with Gasteiger partial charge in [-0.15, -0.1) is 12.4 Å².